The van der Waals surface area contributed by atoms with Gasteiger partial charge in [-0.1, -0.05) is 103 Å². The summed E-state index contributed by atoms with van der Waals surface area (Å²) in [5.41, 5.74) is 4.92. The Labute approximate surface area is 291 Å². The Morgan fingerprint density at radius 3 is 0.867 bits per heavy atom. The van der Waals surface area contributed by atoms with Crippen LogP contribution in [0.2, 0.25) is 78.6 Å². The van der Waals surface area contributed by atoms with Crippen molar-refractivity contribution in [1.82, 2.24) is 0 Å². The molecule has 0 radical (unpaired) electrons. The van der Waals surface area contributed by atoms with Crippen LogP contribution < -0.4 is 18.0 Å². The first-order valence-electron chi connectivity index (χ1n) is 15.8. The van der Waals surface area contributed by atoms with E-state index in [1.807, 2.05) is 59.6 Å². The molecular weight excluding hydrogens is 693 g/mol. The van der Waals surface area contributed by atoms with E-state index in [4.69, 9.17) is 9.47 Å². The number of ether oxygens (including phenoxy) is 2. The molecule has 2 nitrogen and oxygen atoms in total. The van der Waals surface area contributed by atoms with Crippen molar-refractivity contribution in [2.24, 2.45) is 0 Å². The second-order valence-electron chi connectivity index (χ2n) is 16.2. The first-order valence-corrected chi connectivity index (χ1v) is 33.0. The average Bonchev–Trinajstić information content (AvgIpc) is 3.74. The van der Waals surface area contributed by atoms with Crippen LogP contribution in [0.4, 0.5) is 0 Å². The van der Waals surface area contributed by atoms with Crippen molar-refractivity contribution >= 4 is 118 Å². The predicted octanol–water partition coefficient (Wildman–Crippen LogP) is 9.64. The second-order valence-corrected chi connectivity index (χ2v) is 42.1. The van der Waals surface area contributed by atoms with Gasteiger partial charge < -0.3 is 9.47 Å². The second kappa shape index (κ2) is 12.2. The molecule has 0 aromatic carbocycles. The summed E-state index contributed by atoms with van der Waals surface area (Å²) < 4.78 is 19.6. The predicted molar refractivity (Wildman–Crippen MR) is 220 cm³/mol. The number of methoxy groups -OCH3 is 2. The van der Waals surface area contributed by atoms with Crippen molar-refractivity contribution in [2.45, 2.75) is 84.4 Å². The first-order chi connectivity index (χ1) is 20.7. The van der Waals surface area contributed by atoms with E-state index >= 15 is 0 Å². The summed E-state index contributed by atoms with van der Waals surface area (Å²) in [6.07, 6.45) is 0. The van der Waals surface area contributed by atoms with E-state index in [0.29, 0.717) is 0 Å². The normalized spacial score (nSPS) is 16.4. The fraction of sp³-hybridized carbons (Fsp3) is 0.429. The van der Waals surface area contributed by atoms with Crippen LogP contribution in [0.25, 0.3) is 22.3 Å². The Bertz CT molecular complexity index is 1640. The van der Waals surface area contributed by atoms with Crippen LogP contribution >= 0.6 is 45.3 Å². The molecule has 10 heteroatoms. The Balaban J connectivity index is 1.95. The fourth-order valence-corrected chi connectivity index (χ4v) is 17.6. The van der Waals surface area contributed by atoms with Crippen molar-refractivity contribution < 1.29 is 9.47 Å². The lowest BCUT2D eigenvalue weighted by molar-refractivity contribution is -0.114. The molecule has 5 rings (SSSR count). The molecule has 4 aromatic heterocycles. The molecule has 45 heavy (non-hydrogen) atoms. The summed E-state index contributed by atoms with van der Waals surface area (Å²) >= 11 is 7.86. The number of hydrogen-bond acceptors (Lipinski definition) is 6. The van der Waals surface area contributed by atoms with E-state index in [0.717, 1.165) is 0 Å². The van der Waals surface area contributed by atoms with E-state index in [9.17, 15) is 0 Å². The van der Waals surface area contributed by atoms with Gasteiger partial charge in [-0.3, -0.25) is 0 Å². The fourth-order valence-electron chi connectivity index (χ4n) is 5.76. The molecule has 0 aliphatic heterocycles. The molecule has 0 fully saturated rings. The standard InChI is InChI=1S/C35H50O2S4Si4/c1-36-35(37-2)33(25-17-21-29(40-25)44(9,10)11)31(23-15-19-27(38-23)42(3,4)5)32(24-16-20-28(39-24)43(6,7)8)34(35)26-18-22-30(41-26)45(12,13)14/h15-22H,1-14H3. The molecule has 0 saturated heterocycles. The minimum Gasteiger partial charge on any atom is -0.345 e. The van der Waals surface area contributed by atoms with E-state index in [1.165, 1.54) is 59.8 Å². The summed E-state index contributed by atoms with van der Waals surface area (Å²) in [4.78, 5) is 5.15. The van der Waals surface area contributed by atoms with Gasteiger partial charge in [-0.15, -0.1) is 45.3 Å². The van der Waals surface area contributed by atoms with Gasteiger partial charge in [-0.25, -0.2) is 0 Å². The number of rotatable bonds is 10. The lowest BCUT2D eigenvalue weighted by Gasteiger charge is -2.32. The third-order valence-electron chi connectivity index (χ3n) is 8.35. The summed E-state index contributed by atoms with van der Waals surface area (Å²) in [6.45, 7) is 29.3. The molecule has 1 aliphatic carbocycles. The van der Waals surface area contributed by atoms with Crippen LogP contribution in [0.5, 0.6) is 0 Å². The SMILES string of the molecule is COC1(OC)C(c2ccc([Si](C)(C)C)s2)=C(c2ccc([Si](C)(C)C)s2)C(c2ccc([Si](C)(C)C)s2)=C1c1ccc([Si](C)(C)C)s1. The zero-order chi connectivity index (χ0) is 33.3. The van der Waals surface area contributed by atoms with Crippen LogP contribution in [-0.4, -0.2) is 52.3 Å². The Morgan fingerprint density at radius 1 is 0.400 bits per heavy atom. The number of allylic oxidation sites excluding steroid dienone is 2. The highest BCUT2D eigenvalue weighted by Gasteiger charge is 2.52. The van der Waals surface area contributed by atoms with Crippen molar-refractivity contribution in [2.75, 3.05) is 14.2 Å². The maximum absolute atomic E-state index is 6.75. The highest BCUT2D eigenvalue weighted by molar-refractivity contribution is 7.30. The van der Waals surface area contributed by atoms with Gasteiger partial charge >= 0.3 is 0 Å². The largest absolute Gasteiger partial charge is 0.345 e. The molecular formula is C35H50O2S4Si4. The lowest BCUT2D eigenvalue weighted by Crippen LogP contribution is -2.36. The molecule has 0 saturated carbocycles. The summed E-state index contributed by atoms with van der Waals surface area (Å²) in [7, 11) is -2.41. The van der Waals surface area contributed by atoms with Crippen LogP contribution in [0.3, 0.4) is 0 Å². The Hall–Kier alpha value is -0.932. The minimum atomic E-state index is -1.53. The van der Waals surface area contributed by atoms with Crippen LogP contribution in [0, 0.1) is 0 Å². The molecule has 0 N–H and O–H groups in total. The molecule has 1 aliphatic rings. The minimum absolute atomic E-state index is 1.03. The highest BCUT2D eigenvalue weighted by Crippen LogP contribution is 2.60. The molecule has 4 heterocycles. The van der Waals surface area contributed by atoms with E-state index in [-0.39, 0.29) is 0 Å². The van der Waals surface area contributed by atoms with Crippen molar-refractivity contribution in [3.8, 4) is 0 Å². The van der Waals surface area contributed by atoms with Crippen molar-refractivity contribution in [1.29, 1.82) is 0 Å². The molecule has 4 aromatic rings. The molecule has 0 amide bonds. The van der Waals surface area contributed by atoms with E-state index in [1.54, 1.807) is 0 Å². The summed E-state index contributed by atoms with van der Waals surface area (Å²) in [6, 6.07) is 19.0. The van der Waals surface area contributed by atoms with Gasteiger partial charge in [-0.05, 0) is 42.3 Å². The van der Waals surface area contributed by atoms with Gasteiger partial charge in [-0.2, -0.15) is 0 Å². The lowest BCUT2D eigenvalue weighted by atomic mass is 9.98. The zero-order valence-corrected chi connectivity index (χ0v) is 36.8. The van der Waals surface area contributed by atoms with Crippen LogP contribution in [0.15, 0.2) is 48.5 Å². The van der Waals surface area contributed by atoms with Gasteiger partial charge in [0.05, 0.1) is 32.3 Å². The topological polar surface area (TPSA) is 18.5 Å². The molecule has 0 atom stereocenters. The Morgan fingerprint density at radius 2 is 0.644 bits per heavy atom. The third kappa shape index (κ3) is 6.58. The third-order valence-corrected chi connectivity index (χ3v) is 27.2. The van der Waals surface area contributed by atoms with Crippen molar-refractivity contribution in [3.05, 3.63) is 68.0 Å². The summed E-state index contributed by atoms with van der Waals surface area (Å²) in [5.74, 6) is -1.03. The Kier molecular flexibility index (Phi) is 9.58. The van der Waals surface area contributed by atoms with Crippen LogP contribution in [0.1, 0.15) is 19.5 Å². The van der Waals surface area contributed by atoms with Gasteiger partial charge in [0.15, 0.2) is 0 Å². The maximum atomic E-state index is 6.75. The van der Waals surface area contributed by atoms with Crippen molar-refractivity contribution in [3.63, 3.8) is 0 Å². The highest BCUT2D eigenvalue weighted by atomic mass is 32.1. The maximum Gasteiger partial charge on any atom is 0.225 e. The first kappa shape index (κ1) is 35.4. The quantitative estimate of drug-likeness (QED) is 0.119. The van der Waals surface area contributed by atoms with Gasteiger partial charge in [0, 0.05) is 56.0 Å². The summed E-state index contributed by atoms with van der Waals surface area (Å²) in [5, 5.41) is 0. The molecule has 0 unspecified atom stereocenters. The monoisotopic (exact) mass is 742 g/mol. The molecule has 0 spiro atoms. The smallest absolute Gasteiger partial charge is 0.225 e. The number of hydrogen-bond donors (Lipinski definition) is 0. The average molecular weight is 743 g/mol. The van der Waals surface area contributed by atoms with Gasteiger partial charge in [0.25, 0.3) is 0 Å². The van der Waals surface area contributed by atoms with Gasteiger partial charge in [0.2, 0.25) is 5.79 Å². The molecule has 242 valence electrons. The van der Waals surface area contributed by atoms with Crippen LogP contribution in [-0.2, 0) is 9.47 Å². The molecule has 0 bridgehead atoms. The van der Waals surface area contributed by atoms with E-state index in [2.05, 4.69) is 127 Å². The van der Waals surface area contributed by atoms with Gasteiger partial charge in [0.1, 0.15) is 0 Å². The number of thiophene rings is 4. The zero-order valence-electron chi connectivity index (χ0n) is 29.6. The van der Waals surface area contributed by atoms with E-state index < -0.39 is 38.1 Å².